The Morgan fingerprint density at radius 3 is 1.45 bits per heavy atom. The van der Waals surface area contributed by atoms with Crippen molar-refractivity contribution in [2.45, 2.75) is 20.8 Å². The third kappa shape index (κ3) is 3.94. The van der Waals surface area contributed by atoms with E-state index in [1.165, 1.54) is 16.9 Å². The first-order valence-corrected chi connectivity index (χ1v) is 8.14. The molecule has 0 radical (unpaired) electrons. The lowest BCUT2D eigenvalue weighted by molar-refractivity contribution is 0.653. The van der Waals surface area contributed by atoms with E-state index in [-0.39, 0.29) is 0 Å². The normalized spacial score (nSPS) is 14.3. The van der Waals surface area contributed by atoms with Crippen molar-refractivity contribution < 1.29 is 0 Å². The van der Waals surface area contributed by atoms with Crippen LogP contribution in [0, 0.1) is 6.92 Å². The number of anilines is 3. The molecule has 1 saturated heterocycles. The first-order chi connectivity index (χ1) is 10.7. The number of piperazine rings is 1. The summed E-state index contributed by atoms with van der Waals surface area (Å²) >= 11 is 0. The molecule has 1 fully saturated rings. The van der Waals surface area contributed by atoms with Crippen LogP contribution in [0.3, 0.4) is 0 Å². The van der Waals surface area contributed by atoms with Crippen LogP contribution in [-0.2, 0) is 0 Å². The maximum atomic E-state index is 5.74. The Morgan fingerprint density at radius 1 is 0.682 bits per heavy atom. The van der Waals surface area contributed by atoms with Crippen molar-refractivity contribution in [2.75, 3.05) is 41.7 Å². The van der Waals surface area contributed by atoms with Gasteiger partial charge in [-0.05, 0) is 43.3 Å². The molecule has 0 spiro atoms. The minimum absolute atomic E-state index is 0.826. The van der Waals surface area contributed by atoms with E-state index >= 15 is 0 Å². The summed E-state index contributed by atoms with van der Waals surface area (Å²) in [5, 5.41) is 0. The van der Waals surface area contributed by atoms with Crippen LogP contribution in [0.2, 0.25) is 0 Å². The molecule has 0 atom stereocenters. The number of nitrogens with two attached hydrogens (primary N) is 1. The van der Waals surface area contributed by atoms with Gasteiger partial charge < -0.3 is 15.5 Å². The fraction of sp³-hybridized carbons (Fsp3) is 0.368. The van der Waals surface area contributed by atoms with Crippen LogP contribution in [0.15, 0.2) is 48.5 Å². The lowest BCUT2D eigenvalue weighted by atomic mass is 10.2. The van der Waals surface area contributed by atoms with Gasteiger partial charge in [-0.2, -0.15) is 0 Å². The number of benzene rings is 2. The second-order valence-corrected chi connectivity index (χ2v) is 5.40. The van der Waals surface area contributed by atoms with Crippen molar-refractivity contribution in [1.29, 1.82) is 0 Å². The van der Waals surface area contributed by atoms with Crippen molar-refractivity contribution in [3.8, 4) is 0 Å². The first-order valence-electron chi connectivity index (χ1n) is 8.14. The smallest absolute Gasteiger partial charge is 0.0368 e. The summed E-state index contributed by atoms with van der Waals surface area (Å²) in [7, 11) is 0. The van der Waals surface area contributed by atoms with E-state index in [4.69, 9.17) is 5.73 Å². The van der Waals surface area contributed by atoms with E-state index < -0.39 is 0 Å². The van der Waals surface area contributed by atoms with Gasteiger partial charge in [0.15, 0.2) is 0 Å². The summed E-state index contributed by atoms with van der Waals surface area (Å²) < 4.78 is 0. The molecule has 0 saturated carbocycles. The van der Waals surface area contributed by atoms with Gasteiger partial charge >= 0.3 is 0 Å². The molecule has 1 aliphatic heterocycles. The molecule has 22 heavy (non-hydrogen) atoms. The highest BCUT2D eigenvalue weighted by atomic mass is 15.3. The Bertz CT molecular complexity index is 499. The van der Waals surface area contributed by atoms with Crippen molar-refractivity contribution >= 4 is 17.1 Å². The average Bonchev–Trinajstić information content (AvgIpc) is 2.58. The van der Waals surface area contributed by atoms with Crippen LogP contribution in [0.5, 0.6) is 0 Å². The third-order valence-electron chi connectivity index (χ3n) is 3.94. The zero-order valence-corrected chi connectivity index (χ0v) is 13.9. The molecule has 1 heterocycles. The van der Waals surface area contributed by atoms with Crippen LogP contribution in [0.25, 0.3) is 0 Å². The first kappa shape index (κ1) is 16.2. The highest BCUT2D eigenvalue weighted by molar-refractivity contribution is 5.55. The van der Waals surface area contributed by atoms with E-state index in [0.29, 0.717) is 0 Å². The second kappa shape index (κ2) is 7.74. The van der Waals surface area contributed by atoms with Crippen LogP contribution in [0.1, 0.15) is 19.4 Å². The minimum Gasteiger partial charge on any atom is -0.399 e. The van der Waals surface area contributed by atoms with E-state index in [9.17, 15) is 0 Å². The molecular formula is C19H27N3. The Balaban J connectivity index is 0.000000847. The molecule has 118 valence electrons. The molecular weight excluding hydrogens is 270 g/mol. The Labute approximate surface area is 134 Å². The summed E-state index contributed by atoms with van der Waals surface area (Å²) in [4.78, 5) is 4.87. The molecule has 0 aliphatic carbocycles. The topological polar surface area (TPSA) is 32.5 Å². The predicted molar refractivity (Wildman–Crippen MR) is 97.8 cm³/mol. The highest BCUT2D eigenvalue weighted by Crippen LogP contribution is 2.21. The molecule has 3 nitrogen and oxygen atoms in total. The monoisotopic (exact) mass is 297 g/mol. The lowest BCUT2D eigenvalue weighted by Crippen LogP contribution is -2.46. The molecule has 3 rings (SSSR count). The van der Waals surface area contributed by atoms with Gasteiger partial charge in [0.05, 0.1) is 0 Å². The zero-order chi connectivity index (χ0) is 15.9. The SMILES string of the molecule is CC.Cc1ccc(N2CCN(c3ccc(N)cc3)CC2)cc1. The Hall–Kier alpha value is -2.16. The van der Waals surface area contributed by atoms with Gasteiger partial charge in [-0.1, -0.05) is 31.5 Å². The lowest BCUT2D eigenvalue weighted by Gasteiger charge is -2.37. The summed E-state index contributed by atoms with van der Waals surface area (Å²) in [5.41, 5.74) is 10.5. The van der Waals surface area contributed by atoms with Crippen molar-refractivity contribution in [3.63, 3.8) is 0 Å². The number of nitrogen functional groups attached to an aromatic ring is 1. The standard InChI is InChI=1S/C17H21N3.C2H6/c1-14-2-6-16(7-3-14)19-10-12-20(13-11-19)17-8-4-15(18)5-9-17;1-2/h2-9H,10-13,18H2,1H3;1-2H3. The average molecular weight is 297 g/mol. The van der Waals surface area contributed by atoms with Gasteiger partial charge in [-0.15, -0.1) is 0 Å². The third-order valence-corrected chi connectivity index (χ3v) is 3.94. The second-order valence-electron chi connectivity index (χ2n) is 5.40. The highest BCUT2D eigenvalue weighted by Gasteiger charge is 2.17. The van der Waals surface area contributed by atoms with E-state index in [0.717, 1.165) is 31.9 Å². The van der Waals surface area contributed by atoms with Gasteiger partial charge in [-0.25, -0.2) is 0 Å². The predicted octanol–water partition coefficient (Wildman–Crippen LogP) is 3.93. The van der Waals surface area contributed by atoms with Gasteiger partial charge in [0.1, 0.15) is 0 Å². The number of hydrogen-bond acceptors (Lipinski definition) is 3. The maximum Gasteiger partial charge on any atom is 0.0368 e. The van der Waals surface area contributed by atoms with Crippen LogP contribution >= 0.6 is 0 Å². The van der Waals surface area contributed by atoms with E-state index in [1.54, 1.807) is 0 Å². The van der Waals surface area contributed by atoms with Crippen LogP contribution in [0.4, 0.5) is 17.1 Å². The number of hydrogen-bond donors (Lipinski definition) is 1. The van der Waals surface area contributed by atoms with E-state index in [1.807, 2.05) is 26.0 Å². The van der Waals surface area contributed by atoms with Gasteiger partial charge in [0.25, 0.3) is 0 Å². The molecule has 0 aromatic heterocycles. The van der Waals surface area contributed by atoms with Gasteiger partial charge in [0.2, 0.25) is 0 Å². The molecule has 2 N–H and O–H groups in total. The van der Waals surface area contributed by atoms with Gasteiger partial charge in [0, 0.05) is 43.2 Å². The number of nitrogens with zero attached hydrogens (tertiary/aromatic N) is 2. The van der Waals surface area contributed by atoms with Crippen molar-refractivity contribution in [3.05, 3.63) is 54.1 Å². The molecule has 0 unspecified atom stereocenters. The largest absolute Gasteiger partial charge is 0.399 e. The number of rotatable bonds is 2. The Kier molecular flexibility index (Phi) is 5.70. The molecule has 0 bridgehead atoms. The van der Waals surface area contributed by atoms with Crippen molar-refractivity contribution in [1.82, 2.24) is 0 Å². The fourth-order valence-corrected chi connectivity index (χ4v) is 2.66. The maximum absolute atomic E-state index is 5.74. The number of aryl methyl sites for hydroxylation is 1. The van der Waals surface area contributed by atoms with Crippen LogP contribution in [-0.4, -0.2) is 26.2 Å². The molecule has 1 aliphatic rings. The minimum atomic E-state index is 0.826. The van der Waals surface area contributed by atoms with Crippen molar-refractivity contribution in [2.24, 2.45) is 0 Å². The molecule has 2 aromatic carbocycles. The van der Waals surface area contributed by atoms with Gasteiger partial charge in [-0.3, -0.25) is 0 Å². The summed E-state index contributed by atoms with van der Waals surface area (Å²) in [6.45, 7) is 10.4. The quantitative estimate of drug-likeness (QED) is 0.853. The fourth-order valence-electron chi connectivity index (χ4n) is 2.66. The zero-order valence-electron chi connectivity index (χ0n) is 13.9. The summed E-state index contributed by atoms with van der Waals surface area (Å²) in [5.74, 6) is 0. The summed E-state index contributed by atoms with van der Waals surface area (Å²) in [6.07, 6.45) is 0. The van der Waals surface area contributed by atoms with Crippen LogP contribution < -0.4 is 15.5 Å². The molecule has 0 amide bonds. The molecule has 3 heteroatoms. The van der Waals surface area contributed by atoms with E-state index in [2.05, 4.69) is 53.1 Å². The Morgan fingerprint density at radius 2 is 1.05 bits per heavy atom. The molecule has 2 aromatic rings. The summed E-state index contributed by atoms with van der Waals surface area (Å²) in [6, 6.07) is 17.0.